The summed E-state index contributed by atoms with van der Waals surface area (Å²) < 4.78 is 0. The zero-order chi connectivity index (χ0) is 24.0. The fourth-order valence-electron chi connectivity index (χ4n) is 5.38. The third kappa shape index (κ3) is 5.46. The van der Waals surface area contributed by atoms with Gasteiger partial charge in [-0.15, -0.1) is 0 Å². The topological polar surface area (TPSA) is 52.7 Å². The van der Waals surface area contributed by atoms with Gasteiger partial charge in [-0.1, -0.05) is 66.7 Å². The first kappa shape index (κ1) is 23.3. The molecule has 35 heavy (non-hydrogen) atoms. The SMILES string of the molecule is O=C(NCCN1CCC(Cc2ccccc2)CC1)[C@H]1Cc2ccccc2N1C(=O)c1ccccc1. The van der Waals surface area contributed by atoms with Crippen LogP contribution in [0.2, 0.25) is 0 Å². The molecule has 5 heteroatoms. The van der Waals surface area contributed by atoms with E-state index in [1.807, 2.05) is 42.5 Å². The molecule has 0 spiro atoms. The summed E-state index contributed by atoms with van der Waals surface area (Å²) in [6.07, 6.45) is 4.09. The summed E-state index contributed by atoms with van der Waals surface area (Å²) in [6, 6.07) is 27.3. The highest BCUT2D eigenvalue weighted by molar-refractivity contribution is 6.11. The van der Waals surface area contributed by atoms with Crippen molar-refractivity contribution >= 4 is 17.5 Å². The van der Waals surface area contributed by atoms with Crippen molar-refractivity contribution in [2.75, 3.05) is 31.1 Å². The van der Waals surface area contributed by atoms with Crippen molar-refractivity contribution in [2.24, 2.45) is 5.92 Å². The molecule has 5 nitrogen and oxygen atoms in total. The van der Waals surface area contributed by atoms with E-state index in [9.17, 15) is 9.59 Å². The van der Waals surface area contributed by atoms with E-state index in [1.54, 1.807) is 17.0 Å². The summed E-state index contributed by atoms with van der Waals surface area (Å²) in [7, 11) is 0. The summed E-state index contributed by atoms with van der Waals surface area (Å²) in [5.74, 6) is 0.526. The maximum Gasteiger partial charge on any atom is 0.259 e. The molecule has 2 heterocycles. The Balaban J connectivity index is 1.14. The van der Waals surface area contributed by atoms with Crippen LogP contribution in [0.1, 0.15) is 34.3 Å². The molecule has 1 fully saturated rings. The Bertz CT molecular complexity index is 1140. The first-order valence-corrected chi connectivity index (χ1v) is 12.7. The minimum atomic E-state index is -0.517. The molecule has 0 radical (unpaired) electrons. The third-order valence-electron chi connectivity index (χ3n) is 7.32. The molecule has 180 valence electrons. The van der Waals surface area contributed by atoms with Crippen LogP contribution in [0.5, 0.6) is 0 Å². The summed E-state index contributed by atoms with van der Waals surface area (Å²) in [5.41, 5.74) is 3.89. The molecule has 0 aliphatic carbocycles. The van der Waals surface area contributed by atoms with Crippen LogP contribution in [-0.2, 0) is 17.6 Å². The Labute approximate surface area is 207 Å². The molecule has 1 N–H and O–H groups in total. The van der Waals surface area contributed by atoms with Gasteiger partial charge in [-0.25, -0.2) is 0 Å². The number of benzene rings is 3. The maximum atomic E-state index is 13.3. The van der Waals surface area contributed by atoms with E-state index in [2.05, 4.69) is 40.5 Å². The lowest BCUT2D eigenvalue weighted by Gasteiger charge is -2.32. The second-order valence-electron chi connectivity index (χ2n) is 9.66. The summed E-state index contributed by atoms with van der Waals surface area (Å²) in [6.45, 7) is 3.58. The zero-order valence-electron chi connectivity index (χ0n) is 20.1. The second kappa shape index (κ2) is 10.9. The predicted molar refractivity (Wildman–Crippen MR) is 140 cm³/mol. The summed E-state index contributed by atoms with van der Waals surface area (Å²) in [5, 5.41) is 3.12. The van der Waals surface area contributed by atoms with Gasteiger partial charge in [0, 0.05) is 30.8 Å². The Morgan fingerprint density at radius 2 is 1.49 bits per heavy atom. The normalized spacial score (nSPS) is 18.3. The van der Waals surface area contributed by atoms with E-state index in [-0.39, 0.29) is 11.8 Å². The molecule has 1 atom stereocenters. The second-order valence-corrected chi connectivity index (χ2v) is 9.66. The Hall–Kier alpha value is -3.44. The van der Waals surface area contributed by atoms with E-state index in [0.29, 0.717) is 18.5 Å². The number of piperidine rings is 1. The van der Waals surface area contributed by atoms with Gasteiger partial charge in [0.25, 0.3) is 5.91 Å². The van der Waals surface area contributed by atoms with Crippen molar-refractivity contribution < 1.29 is 9.59 Å². The van der Waals surface area contributed by atoms with Gasteiger partial charge >= 0.3 is 0 Å². The van der Waals surface area contributed by atoms with Crippen LogP contribution >= 0.6 is 0 Å². The van der Waals surface area contributed by atoms with Crippen LogP contribution in [0.4, 0.5) is 5.69 Å². The smallest absolute Gasteiger partial charge is 0.259 e. The number of carbonyl (C=O) groups is 2. The van der Waals surface area contributed by atoms with Gasteiger partial charge in [-0.2, -0.15) is 0 Å². The highest BCUT2D eigenvalue weighted by Gasteiger charge is 2.38. The lowest BCUT2D eigenvalue weighted by molar-refractivity contribution is -0.122. The van der Waals surface area contributed by atoms with Gasteiger partial charge < -0.3 is 10.2 Å². The van der Waals surface area contributed by atoms with E-state index in [0.717, 1.165) is 43.2 Å². The minimum Gasteiger partial charge on any atom is -0.353 e. The molecule has 1 saturated heterocycles. The number of amides is 2. The van der Waals surface area contributed by atoms with E-state index >= 15 is 0 Å². The highest BCUT2D eigenvalue weighted by Crippen LogP contribution is 2.33. The quantitative estimate of drug-likeness (QED) is 0.563. The third-order valence-corrected chi connectivity index (χ3v) is 7.32. The average molecular weight is 468 g/mol. The molecule has 2 aliphatic rings. The van der Waals surface area contributed by atoms with Gasteiger partial charge in [-0.05, 0) is 67.6 Å². The number of carbonyl (C=O) groups excluding carboxylic acids is 2. The lowest BCUT2D eigenvalue weighted by Crippen LogP contribution is -2.49. The maximum absolute atomic E-state index is 13.3. The van der Waals surface area contributed by atoms with Crippen LogP contribution in [0, 0.1) is 5.92 Å². The number of anilines is 1. The Morgan fingerprint density at radius 1 is 0.829 bits per heavy atom. The van der Waals surface area contributed by atoms with Crippen LogP contribution in [0.15, 0.2) is 84.9 Å². The molecular formula is C30H33N3O2. The van der Waals surface area contributed by atoms with Crippen LogP contribution < -0.4 is 10.2 Å². The minimum absolute atomic E-state index is 0.0792. The van der Waals surface area contributed by atoms with Crippen molar-refractivity contribution in [1.82, 2.24) is 10.2 Å². The molecule has 2 amide bonds. The first-order valence-electron chi connectivity index (χ1n) is 12.7. The van der Waals surface area contributed by atoms with Crippen LogP contribution in [0.25, 0.3) is 0 Å². The monoisotopic (exact) mass is 467 g/mol. The van der Waals surface area contributed by atoms with Crippen LogP contribution in [0.3, 0.4) is 0 Å². The van der Waals surface area contributed by atoms with E-state index < -0.39 is 6.04 Å². The molecule has 3 aromatic rings. The molecular weight excluding hydrogens is 434 g/mol. The predicted octanol–water partition coefficient (Wildman–Crippen LogP) is 4.33. The molecule has 2 aliphatic heterocycles. The highest BCUT2D eigenvalue weighted by atomic mass is 16.2. The first-order chi connectivity index (χ1) is 17.2. The van der Waals surface area contributed by atoms with Crippen molar-refractivity contribution in [3.05, 3.63) is 102 Å². The number of nitrogens with one attached hydrogen (secondary N) is 1. The number of para-hydroxylation sites is 1. The number of hydrogen-bond donors (Lipinski definition) is 1. The number of likely N-dealkylation sites (tertiary alicyclic amines) is 1. The van der Waals surface area contributed by atoms with Gasteiger partial charge in [0.1, 0.15) is 6.04 Å². The molecule has 3 aromatic carbocycles. The fraction of sp³-hybridized carbons (Fsp3) is 0.333. The van der Waals surface area contributed by atoms with Gasteiger partial charge in [0.15, 0.2) is 0 Å². The van der Waals surface area contributed by atoms with E-state index in [4.69, 9.17) is 0 Å². The number of nitrogens with zero attached hydrogens (tertiary/aromatic N) is 2. The molecule has 0 unspecified atom stereocenters. The van der Waals surface area contributed by atoms with Crippen LogP contribution in [-0.4, -0.2) is 48.9 Å². The van der Waals surface area contributed by atoms with Gasteiger partial charge in [0.2, 0.25) is 5.91 Å². The number of hydrogen-bond acceptors (Lipinski definition) is 3. The van der Waals surface area contributed by atoms with E-state index in [1.165, 1.54) is 18.4 Å². The summed E-state index contributed by atoms with van der Waals surface area (Å²) in [4.78, 5) is 30.7. The van der Waals surface area contributed by atoms with Crippen molar-refractivity contribution in [3.63, 3.8) is 0 Å². The Morgan fingerprint density at radius 3 is 2.23 bits per heavy atom. The average Bonchev–Trinajstić information content (AvgIpc) is 3.30. The van der Waals surface area contributed by atoms with Gasteiger partial charge in [0.05, 0.1) is 0 Å². The fourth-order valence-corrected chi connectivity index (χ4v) is 5.38. The molecule has 0 saturated carbocycles. The van der Waals surface area contributed by atoms with Crippen molar-refractivity contribution in [2.45, 2.75) is 31.7 Å². The molecule has 5 rings (SSSR count). The van der Waals surface area contributed by atoms with Gasteiger partial charge in [-0.3, -0.25) is 14.5 Å². The number of rotatable bonds is 7. The molecule has 0 aromatic heterocycles. The Kier molecular flexibility index (Phi) is 7.24. The summed E-state index contributed by atoms with van der Waals surface area (Å²) >= 11 is 0. The standard InChI is InChI=1S/C30H33N3O2/c34-29(31-17-20-32-18-15-24(16-19-32)21-23-9-3-1-4-10-23)28-22-26-13-7-8-14-27(26)33(28)30(35)25-11-5-2-6-12-25/h1-14,24,28H,15-22H2,(H,31,34)/t28-/m1/s1. The van der Waals surface area contributed by atoms with Crippen molar-refractivity contribution in [3.8, 4) is 0 Å². The lowest BCUT2D eigenvalue weighted by atomic mass is 9.90. The zero-order valence-corrected chi connectivity index (χ0v) is 20.1. The number of fused-ring (bicyclic) bond motifs is 1. The van der Waals surface area contributed by atoms with Crippen molar-refractivity contribution in [1.29, 1.82) is 0 Å². The largest absolute Gasteiger partial charge is 0.353 e. The molecule has 0 bridgehead atoms.